The molecule has 12 nitrogen and oxygen atoms in total. The van der Waals surface area contributed by atoms with Gasteiger partial charge < -0.3 is 10.5 Å². The van der Waals surface area contributed by atoms with Crippen LogP contribution in [0.3, 0.4) is 0 Å². The van der Waals surface area contributed by atoms with E-state index in [-0.39, 0.29) is 22.0 Å². The Bertz CT molecular complexity index is 1840. The Morgan fingerprint density at radius 2 is 1.98 bits per heavy atom. The number of hydrogen-bond acceptors (Lipinski definition) is 8. The van der Waals surface area contributed by atoms with E-state index < -0.39 is 17.8 Å². The Labute approximate surface area is 242 Å². The highest BCUT2D eigenvalue weighted by Crippen LogP contribution is 2.32. The molecule has 1 atom stereocenters. The summed E-state index contributed by atoms with van der Waals surface area (Å²) in [5.41, 5.74) is 8.89. The van der Waals surface area contributed by atoms with Crippen molar-refractivity contribution in [3.05, 3.63) is 102 Å². The summed E-state index contributed by atoms with van der Waals surface area (Å²) in [4.78, 5) is 8.40. The number of H-pyrrole nitrogens is 1. The molecule has 0 spiro atoms. The van der Waals surface area contributed by atoms with E-state index in [9.17, 15) is 4.39 Å². The van der Waals surface area contributed by atoms with Gasteiger partial charge in [-0.3, -0.25) is 14.3 Å². The van der Waals surface area contributed by atoms with Crippen LogP contribution < -0.4 is 10.4 Å². The number of anilines is 1. The fraction of sp³-hybridized carbons (Fsp3) is 0.148. The summed E-state index contributed by atoms with van der Waals surface area (Å²) in [5.74, 6) is -1.23. The number of nitrogens with zero attached hydrogens (tertiary/aromatic N) is 9. The van der Waals surface area contributed by atoms with E-state index in [4.69, 9.17) is 22.1 Å². The number of aromatic nitrogens is 10. The van der Waals surface area contributed by atoms with Crippen molar-refractivity contribution >= 4 is 17.4 Å². The number of halogens is 3. The Morgan fingerprint density at radius 1 is 1.10 bits per heavy atom. The van der Waals surface area contributed by atoms with Gasteiger partial charge in [0.1, 0.15) is 22.6 Å². The first kappa shape index (κ1) is 27.1. The summed E-state index contributed by atoms with van der Waals surface area (Å²) >= 11 is 6.13. The molecule has 0 bridgehead atoms. The lowest BCUT2D eigenvalue weighted by Crippen LogP contribution is -2.33. The standard InChI is InChI=1S/C27H22ClF2N11O/c1-42-14-18-8-9-39(36-18)13-23(40-12-17(11-34-40)19-3-7-24(31)35-27(19)30)21-5-2-16(10-32-21)25-22(41-15-33-37-38-41)6-4-20(28)26(25)29/h2-12,15,23H,13-14H2,1H3,(H2,31,35)/p+1. The third-order valence-corrected chi connectivity index (χ3v) is 6.87. The van der Waals surface area contributed by atoms with Gasteiger partial charge in [-0.15, -0.1) is 4.68 Å². The smallest absolute Gasteiger partial charge is 0.293 e. The van der Waals surface area contributed by atoms with Crippen LogP contribution in [0.25, 0.3) is 27.9 Å². The van der Waals surface area contributed by atoms with Gasteiger partial charge in [0, 0.05) is 42.4 Å². The number of nitrogens with one attached hydrogen (secondary N) is 1. The SMILES string of the molecule is COCc1ccn(CC(c2ccc(-c3c(-[n+]4cnn[nH]4)ccc(Cl)c3F)cn2)n2cc(-c3ccc(N)nc3F)cn2)n1. The maximum atomic E-state index is 15.3. The van der Waals surface area contributed by atoms with Crippen LogP contribution >= 0.6 is 11.6 Å². The minimum atomic E-state index is -0.699. The highest BCUT2D eigenvalue weighted by atomic mass is 35.5. The van der Waals surface area contributed by atoms with Crippen molar-refractivity contribution in [3.8, 4) is 27.9 Å². The summed E-state index contributed by atoms with van der Waals surface area (Å²) in [6, 6.07) is 11.1. The van der Waals surface area contributed by atoms with Crippen molar-refractivity contribution in [1.82, 2.24) is 45.1 Å². The van der Waals surface area contributed by atoms with Gasteiger partial charge in [-0.1, -0.05) is 22.9 Å². The number of methoxy groups -OCH3 is 1. The fourth-order valence-corrected chi connectivity index (χ4v) is 4.75. The summed E-state index contributed by atoms with van der Waals surface area (Å²) in [6.45, 7) is 0.698. The van der Waals surface area contributed by atoms with E-state index in [0.717, 1.165) is 5.69 Å². The maximum Gasteiger partial charge on any atom is 0.293 e. The second-order valence-electron chi connectivity index (χ2n) is 9.29. The molecule has 1 unspecified atom stereocenters. The first-order valence-electron chi connectivity index (χ1n) is 12.6. The number of pyridine rings is 2. The van der Waals surface area contributed by atoms with Crippen molar-refractivity contribution in [2.45, 2.75) is 19.2 Å². The van der Waals surface area contributed by atoms with Crippen LogP contribution in [-0.4, -0.2) is 52.2 Å². The lowest BCUT2D eigenvalue weighted by molar-refractivity contribution is -0.659. The van der Waals surface area contributed by atoms with Gasteiger partial charge in [0.15, 0.2) is 11.0 Å². The van der Waals surface area contributed by atoms with E-state index in [1.165, 1.54) is 23.1 Å². The summed E-state index contributed by atoms with van der Waals surface area (Å²) in [7, 11) is 1.60. The van der Waals surface area contributed by atoms with Crippen molar-refractivity contribution in [2.24, 2.45) is 0 Å². The molecule has 0 saturated carbocycles. The molecule has 42 heavy (non-hydrogen) atoms. The molecule has 212 valence electrons. The molecule has 0 radical (unpaired) electrons. The van der Waals surface area contributed by atoms with Crippen LogP contribution in [0, 0.1) is 11.8 Å². The van der Waals surface area contributed by atoms with Gasteiger partial charge in [0.25, 0.3) is 6.33 Å². The Balaban J connectivity index is 1.39. The summed E-state index contributed by atoms with van der Waals surface area (Å²) in [6.07, 6.45) is 8.04. The molecule has 0 aliphatic carbocycles. The highest BCUT2D eigenvalue weighted by Gasteiger charge is 2.23. The molecular weight excluding hydrogens is 568 g/mol. The Hall–Kier alpha value is -5.08. The van der Waals surface area contributed by atoms with E-state index in [2.05, 4.69) is 35.7 Å². The number of nitrogens with two attached hydrogens (primary N) is 1. The first-order valence-corrected chi connectivity index (χ1v) is 13.0. The molecule has 0 fully saturated rings. The van der Waals surface area contributed by atoms with Crippen LogP contribution in [-0.2, 0) is 17.9 Å². The molecule has 15 heteroatoms. The first-order chi connectivity index (χ1) is 20.4. The van der Waals surface area contributed by atoms with Crippen LogP contribution in [0.5, 0.6) is 0 Å². The zero-order chi connectivity index (χ0) is 29.2. The minimum absolute atomic E-state index is 0.0391. The van der Waals surface area contributed by atoms with Gasteiger partial charge in [-0.25, -0.2) is 9.37 Å². The second kappa shape index (κ2) is 11.4. The Kier molecular flexibility index (Phi) is 7.37. The fourth-order valence-electron chi connectivity index (χ4n) is 4.59. The molecule has 5 heterocycles. The average molecular weight is 591 g/mol. The molecule has 6 aromatic rings. The largest absolute Gasteiger partial charge is 0.384 e. The molecule has 0 amide bonds. The zero-order valence-corrected chi connectivity index (χ0v) is 22.8. The predicted molar refractivity (Wildman–Crippen MR) is 147 cm³/mol. The number of nitrogen functional groups attached to an aromatic ring is 1. The molecule has 0 aliphatic rings. The van der Waals surface area contributed by atoms with Crippen molar-refractivity contribution in [3.63, 3.8) is 0 Å². The number of rotatable bonds is 9. The maximum absolute atomic E-state index is 15.3. The van der Waals surface area contributed by atoms with E-state index in [1.54, 1.807) is 59.3 Å². The lowest BCUT2D eigenvalue weighted by Gasteiger charge is -2.18. The molecule has 3 N–H and O–H groups in total. The average Bonchev–Trinajstić information content (AvgIpc) is 3.77. The molecular formula is C27H23ClF2N11O+. The van der Waals surface area contributed by atoms with Crippen molar-refractivity contribution < 1.29 is 18.2 Å². The lowest BCUT2D eigenvalue weighted by atomic mass is 10.0. The van der Waals surface area contributed by atoms with E-state index in [1.807, 2.05) is 12.3 Å². The predicted octanol–water partition coefficient (Wildman–Crippen LogP) is 3.55. The molecule has 5 aromatic heterocycles. The van der Waals surface area contributed by atoms with Gasteiger partial charge in [-0.05, 0) is 36.4 Å². The number of aromatic amines is 1. The number of hydrogen-bond donors (Lipinski definition) is 2. The van der Waals surface area contributed by atoms with Crippen LogP contribution in [0.1, 0.15) is 17.4 Å². The molecule has 0 saturated heterocycles. The van der Waals surface area contributed by atoms with Gasteiger partial charge >= 0.3 is 0 Å². The minimum Gasteiger partial charge on any atom is -0.384 e. The zero-order valence-electron chi connectivity index (χ0n) is 22.1. The summed E-state index contributed by atoms with van der Waals surface area (Å²) < 4.78 is 40.0. The highest BCUT2D eigenvalue weighted by molar-refractivity contribution is 6.31. The van der Waals surface area contributed by atoms with Crippen molar-refractivity contribution in [2.75, 3.05) is 12.8 Å². The van der Waals surface area contributed by atoms with Gasteiger partial charge in [-0.2, -0.15) is 14.6 Å². The number of tetrazole rings is 1. The molecule has 6 rings (SSSR count). The third kappa shape index (κ3) is 5.32. The summed E-state index contributed by atoms with van der Waals surface area (Å²) in [5, 5.41) is 19.2. The van der Waals surface area contributed by atoms with E-state index in [0.29, 0.717) is 35.7 Å². The third-order valence-electron chi connectivity index (χ3n) is 6.58. The van der Waals surface area contributed by atoms with Crippen LogP contribution in [0.4, 0.5) is 14.6 Å². The van der Waals surface area contributed by atoms with Crippen LogP contribution in [0.2, 0.25) is 5.02 Å². The van der Waals surface area contributed by atoms with Gasteiger partial charge in [0.2, 0.25) is 5.95 Å². The topological polar surface area (TPSA) is 142 Å². The number of benzene rings is 1. The second-order valence-corrected chi connectivity index (χ2v) is 9.70. The molecule has 1 aromatic carbocycles. The van der Waals surface area contributed by atoms with Gasteiger partial charge in [0.05, 0.1) is 41.3 Å². The quantitative estimate of drug-likeness (QED) is 0.192. The van der Waals surface area contributed by atoms with Crippen molar-refractivity contribution in [1.29, 1.82) is 0 Å². The van der Waals surface area contributed by atoms with E-state index >= 15 is 4.39 Å². The monoisotopic (exact) mass is 590 g/mol. The van der Waals surface area contributed by atoms with Crippen LogP contribution in [0.15, 0.2) is 73.6 Å². The molecule has 0 aliphatic heterocycles. The normalized spacial score (nSPS) is 12.1. The number of ether oxygens (including phenoxy) is 1. The Morgan fingerprint density at radius 3 is 2.71 bits per heavy atom.